The Morgan fingerprint density at radius 2 is 2.22 bits per heavy atom. The molecule has 0 bridgehead atoms. The van der Waals surface area contributed by atoms with E-state index in [2.05, 4.69) is 9.88 Å². The van der Waals surface area contributed by atoms with Crippen molar-refractivity contribution in [3.05, 3.63) is 17.2 Å². The molecule has 2 heterocycles. The van der Waals surface area contributed by atoms with E-state index in [4.69, 9.17) is 16.7 Å². The first-order valence-corrected chi connectivity index (χ1v) is 8.12. The Hall–Kier alpha value is -1.60. The zero-order chi connectivity index (χ0) is 17.0. The minimum atomic E-state index is -0.984. The number of amides is 1. The molecule has 1 atom stereocenters. The van der Waals surface area contributed by atoms with Crippen LogP contribution in [0.3, 0.4) is 0 Å². The zero-order valence-electron chi connectivity index (χ0n) is 13.5. The van der Waals surface area contributed by atoms with E-state index in [1.54, 1.807) is 0 Å². The second-order valence-electron chi connectivity index (χ2n) is 6.08. The molecule has 1 N–H and O–H groups in total. The summed E-state index contributed by atoms with van der Waals surface area (Å²) in [5, 5.41) is 9.19. The predicted octanol–water partition coefficient (Wildman–Crippen LogP) is 1.11. The van der Waals surface area contributed by atoms with Crippen molar-refractivity contribution in [2.75, 3.05) is 27.2 Å². The average Bonchev–Trinajstić information content (AvgIpc) is 2.85. The number of carbonyl (C=O) groups excluding carboxylic acids is 1. The molecule has 7 nitrogen and oxygen atoms in total. The molecule has 1 saturated heterocycles. The maximum Gasteiger partial charge on any atom is 0.323 e. The highest BCUT2D eigenvalue weighted by Gasteiger charge is 2.25. The molecule has 0 saturated carbocycles. The maximum atomic E-state index is 12.4. The summed E-state index contributed by atoms with van der Waals surface area (Å²) in [7, 11) is 4.06. The Kier molecular flexibility index (Phi) is 6.01. The van der Waals surface area contributed by atoms with Gasteiger partial charge in [-0.05, 0) is 26.9 Å². The third-order valence-corrected chi connectivity index (χ3v) is 4.53. The summed E-state index contributed by atoms with van der Waals surface area (Å²) in [6.45, 7) is 1.29. The number of nitrogens with zero attached hydrogens (tertiary/aromatic N) is 4. The van der Waals surface area contributed by atoms with Crippen LogP contribution in [0.1, 0.15) is 25.1 Å². The van der Waals surface area contributed by atoms with Gasteiger partial charge >= 0.3 is 5.97 Å². The van der Waals surface area contributed by atoms with Crippen molar-refractivity contribution < 1.29 is 14.7 Å². The molecule has 2 rings (SSSR count). The van der Waals surface area contributed by atoms with Gasteiger partial charge in [0, 0.05) is 32.0 Å². The first-order valence-electron chi connectivity index (χ1n) is 7.74. The molecular formula is C15H23ClN4O3. The van der Waals surface area contributed by atoms with E-state index < -0.39 is 5.97 Å². The largest absolute Gasteiger partial charge is 0.480 e. The zero-order valence-corrected chi connectivity index (χ0v) is 14.3. The van der Waals surface area contributed by atoms with Crippen molar-refractivity contribution in [1.29, 1.82) is 0 Å². The summed E-state index contributed by atoms with van der Waals surface area (Å²) in [6, 6.07) is 0.399. The highest BCUT2D eigenvalue weighted by Crippen LogP contribution is 2.17. The lowest BCUT2D eigenvalue weighted by atomic mass is 10.0. The average molecular weight is 343 g/mol. The van der Waals surface area contributed by atoms with Gasteiger partial charge in [0.1, 0.15) is 17.5 Å². The van der Waals surface area contributed by atoms with Gasteiger partial charge in [-0.3, -0.25) is 9.59 Å². The van der Waals surface area contributed by atoms with Crippen LogP contribution in [0, 0.1) is 0 Å². The lowest BCUT2D eigenvalue weighted by Crippen LogP contribution is -2.47. The van der Waals surface area contributed by atoms with Crippen molar-refractivity contribution in [3.8, 4) is 0 Å². The lowest BCUT2D eigenvalue weighted by Gasteiger charge is -2.36. The number of carboxylic acids is 1. The van der Waals surface area contributed by atoms with Crippen molar-refractivity contribution in [2.24, 2.45) is 0 Å². The van der Waals surface area contributed by atoms with Crippen LogP contribution in [0.4, 0.5) is 0 Å². The molecule has 1 fully saturated rings. The van der Waals surface area contributed by atoms with Gasteiger partial charge in [-0.2, -0.15) is 0 Å². The van der Waals surface area contributed by atoms with Crippen LogP contribution in [0.5, 0.6) is 0 Å². The summed E-state index contributed by atoms with van der Waals surface area (Å²) < 4.78 is 1.43. The molecule has 0 unspecified atom stereocenters. The fourth-order valence-electron chi connectivity index (χ4n) is 2.87. The van der Waals surface area contributed by atoms with Crippen LogP contribution in [0.25, 0.3) is 0 Å². The van der Waals surface area contributed by atoms with E-state index in [0.29, 0.717) is 24.7 Å². The molecular weight excluding hydrogens is 320 g/mol. The third kappa shape index (κ3) is 4.68. The smallest absolute Gasteiger partial charge is 0.323 e. The Bertz CT molecular complexity index is 573. The molecule has 1 amide bonds. The number of aryl methyl sites for hydroxylation is 1. The van der Waals surface area contributed by atoms with Crippen LogP contribution < -0.4 is 0 Å². The quantitative estimate of drug-likeness (QED) is 0.837. The summed E-state index contributed by atoms with van der Waals surface area (Å²) in [4.78, 5) is 31.4. The molecule has 1 aliphatic heterocycles. The van der Waals surface area contributed by atoms with Gasteiger partial charge in [0.25, 0.3) is 0 Å². The number of likely N-dealkylation sites (tertiary alicyclic amines) is 1. The van der Waals surface area contributed by atoms with Gasteiger partial charge in [0.2, 0.25) is 5.91 Å². The Morgan fingerprint density at radius 3 is 2.87 bits per heavy atom. The Morgan fingerprint density at radius 1 is 1.48 bits per heavy atom. The van der Waals surface area contributed by atoms with Gasteiger partial charge in [0.05, 0.1) is 6.20 Å². The number of carbonyl (C=O) groups is 2. The van der Waals surface area contributed by atoms with E-state index in [9.17, 15) is 9.59 Å². The number of hydrogen-bond donors (Lipinski definition) is 1. The molecule has 0 spiro atoms. The normalized spacial score (nSPS) is 18.4. The number of likely N-dealkylation sites (N-methyl/N-ethyl adjacent to an activating group) is 1. The van der Waals surface area contributed by atoms with Crippen LogP contribution in [-0.4, -0.2) is 69.6 Å². The van der Waals surface area contributed by atoms with Crippen molar-refractivity contribution in [1.82, 2.24) is 19.4 Å². The van der Waals surface area contributed by atoms with E-state index in [1.165, 1.54) is 10.8 Å². The van der Waals surface area contributed by atoms with Crippen molar-refractivity contribution in [3.63, 3.8) is 0 Å². The van der Waals surface area contributed by atoms with Crippen molar-refractivity contribution in [2.45, 2.75) is 38.3 Å². The van der Waals surface area contributed by atoms with E-state index in [1.807, 2.05) is 19.0 Å². The van der Waals surface area contributed by atoms with Crippen LogP contribution in [0.15, 0.2) is 6.20 Å². The number of piperidine rings is 1. The maximum absolute atomic E-state index is 12.4. The molecule has 1 aliphatic rings. The number of carboxylic acid groups (broad SMARTS) is 1. The number of aromatic nitrogens is 2. The molecule has 8 heteroatoms. The minimum Gasteiger partial charge on any atom is -0.480 e. The Balaban J connectivity index is 1.93. The van der Waals surface area contributed by atoms with Crippen LogP contribution in [0.2, 0.25) is 5.15 Å². The van der Waals surface area contributed by atoms with Crippen LogP contribution >= 0.6 is 11.6 Å². The second kappa shape index (κ2) is 7.79. The van der Waals surface area contributed by atoms with Gasteiger partial charge in [-0.1, -0.05) is 11.6 Å². The highest BCUT2D eigenvalue weighted by molar-refractivity contribution is 6.29. The molecule has 128 valence electrons. The molecule has 0 aromatic carbocycles. The molecule has 1 aromatic rings. The first kappa shape index (κ1) is 17.7. The van der Waals surface area contributed by atoms with Gasteiger partial charge in [-0.15, -0.1) is 0 Å². The fraction of sp³-hybridized carbons (Fsp3) is 0.667. The highest BCUT2D eigenvalue weighted by atomic mass is 35.5. The lowest BCUT2D eigenvalue weighted by molar-refractivity contribution is -0.137. The SMILES string of the molecule is CN(C)[C@@H]1CCCN(C(=O)CCc2ncc(Cl)n2CC(=O)O)C1. The predicted molar refractivity (Wildman–Crippen MR) is 86.5 cm³/mol. The number of aliphatic carboxylic acids is 1. The first-order chi connectivity index (χ1) is 10.9. The number of hydrogen-bond acceptors (Lipinski definition) is 4. The second-order valence-corrected chi connectivity index (χ2v) is 6.46. The minimum absolute atomic E-state index is 0.0811. The molecule has 0 aliphatic carbocycles. The number of halogens is 1. The summed E-state index contributed by atoms with van der Waals surface area (Å²) >= 11 is 5.94. The van der Waals surface area contributed by atoms with E-state index >= 15 is 0 Å². The molecule has 0 radical (unpaired) electrons. The molecule has 1 aromatic heterocycles. The van der Waals surface area contributed by atoms with Crippen molar-refractivity contribution >= 4 is 23.5 Å². The van der Waals surface area contributed by atoms with Gasteiger partial charge in [0.15, 0.2) is 0 Å². The van der Waals surface area contributed by atoms with E-state index in [0.717, 1.165) is 25.9 Å². The van der Waals surface area contributed by atoms with Gasteiger partial charge in [-0.25, -0.2) is 4.98 Å². The standard InChI is InChI=1S/C15H23ClN4O3/c1-18(2)11-4-3-7-19(9-11)14(21)6-5-13-17-8-12(16)20(13)10-15(22)23/h8,11H,3-7,9-10H2,1-2H3,(H,22,23)/t11-/m1/s1. The monoisotopic (exact) mass is 342 g/mol. The van der Waals surface area contributed by atoms with E-state index in [-0.39, 0.29) is 17.6 Å². The topological polar surface area (TPSA) is 78.7 Å². The summed E-state index contributed by atoms with van der Waals surface area (Å²) in [5.41, 5.74) is 0. The summed E-state index contributed by atoms with van der Waals surface area (Å²) in [5.74, 6) is -0.369. The fourth-order valence-corrected chi connectivity index (χ4v) is 3.08. The van der Waals surface area contributed by atoms with Crippen LogP contribution in [-0.2, 0) is 22.6 Å². The Labute approximate surface area is 140 Å². The number of rotatable bonds is 6. The number of imidazole rings is 1. The summed E-state index contributed by atoms with van der Waals surface area (Å²) in [6.07, 6.45) is 4.24. The molecule has 23 heavy (non-hydrogen) atoms. The van der Waals surface area contributed by atoms with Gasteiger partial charge < -0.3 is 19.5 Å². The third-order valence-electron chi connectivity index (χ3n) is 4.22.